The molecule has 3 rings (SSSR count). The molecule has 0 amide bonds. The fraction of sp³-hybridized carbons (Fsp3) is 0.238. The third-order valence-electron chi connectivity index (χ3n) is 4.31. The van der Waals surface area contributed by atoms with Crippen molar-refractivity contribution in [1.29, 1.82) is 0 Å². The molecule has 1 aliphatic carbocycles. The van der Waals surface area contributed by atoms with Crippen LogP contribution in [-0.2, 0) is 9.59 Å². The highest BCUT2D eigenvalue weighted by atomic mass is 16.5. The van der Waals surface area contributed by atoms with E-state index in [1.807, 2.05) is 0 Å². The number of esters is 2. The molecule has 6 nitrogen and oxygen atoms in total. The molecule has 0 N–H and O–H groups in total. The number of rotatable bonds is 4. The quantitative estimate of drug-likeness (QED) is 0.519. The predicted molar refractivity (Wildman–Crippen MR) is 96.3 cm³/mol. The van der Waals surface area contributed by atoms with Crippen molar-refractivity contribution in [3.05, 3.63) is 58.1 Å². The Kier molecular flexibility index (Phi) is 4.90. The number of ether oxygens (including phenoxy) is 2. The summed E-state index contributed by atoms with van der Waals surface area (Å²) >= 11 is 0. The summed E-state index contributed by atoms with van der Waals surface area (Å²) in [7, 11) is 0. The first-order chi connectivity index (χ1) is 12.9. The molecule has 0 bridgehead atoms. The van der Waals surface area contributed by atoms with Crippen LogP contribution >= 0.6 is 0 Å². The van der Waals surface area contributed by atoms with Crippen LogP contribution in [0.3, 0.4) is 0 Å². The summed E-state index contributed by atoms with van der Waals surface area (Å²) in [6, 6.07) is 7.52. The van der Waals surface area contributed by atoms with Crippen LogP contribution in [0.2, 0.25) is 0 Å². The van der Waals surface area contributed by atoms with E-state index in [1.54, 1.807) is 32.9 Å². The lowest BCUT2D eigenvalue weighted by Crippen LogP contribution is -2.24. The maximum absolute atomic E-state index is 13.1. The average molecular weight is 366 g/mol. The van der Waals surface area contributed by atoms with Gasteiger partial charge in [0.2, 0.25) is 0 Å². The average Bonchev–Trinajstić information content (AvgIpc) is 2.65. The van der Waals surface area contributed by atoms with E-state index in [4.69, 9.17) is 9.47 Å². The monoisotopic (exact) mass is 366 g/mol. The van der Waals surface area contributed by atoms with Crippen molar-refractivity contribution in [1.82, 2.24) is 0 Å². The number of hydrogen-bond donors (Lipinski definition) is 0. The fourth-order valence-corrected chi connectivity index (χ4v) is 3.00. The van der Waals surface area contributed by atoms with E-state index in [9.17, 15) is 19.2 Å². The standard InChI is InChI=1S/C21H18O6/c1-4-16(22)26-12-9-11(3)18-14(10-12)20(24)13-7-6-8-15(19(13)21(18)25)27-17(23)5-2/h6-10H,4-5H2,1-3H3. The lowest BCUT2D eigenvalue weighted by atomic mass is 9.81. The van der Waals surface area contributed by atoms with Gasteiger partial charge in [-0.25, -0.2) is 0 Å². The second-order valence-corrected chi connectivity index (χ2v) is 6.15. The van der Waals surface area contributed by atoms with Crippen molar-refractivity contribution >= 4 is 23.5 Å². The number of hydrogen-bond acceptors (Lipinski definition) is 6. The van der Waals surface area contributed by atoms with Crippen LogP contribution in [0.4, 0.5) is 0 Å². The molecule has 0 radical (unpaired) electrons. The zero-order chi connectivity index (χ0) is 19.7. The molecule has 0 atom stereocenters. The molecular formula is C21H18O6. The number of carbonyl (C=O) groups is 4. The topological polar surface area (TPSA) is 86.7 Å². The van der Waals surface area contributed by atoms with Gasteiger partial charge in [0, 0.05) is 29.5 Å². The summed E-state index contributed by atoms with van der Waals surface area (Å²) in [5, 5.41) is 0. The van der Waals surface area contributed by atoms with Gasteiger partial charge in [0.25, 0.3) is 0 Å². The number of aryl methyl sites for hydroxylation is 1. The second kappa shape index (κ2) is 7.15. The van der Waals surface area contributed by atoms with Gasteiger partial charge in [0.1, 0.15) is 11.5 Å². The number of benzene rings is 2. The molecule has 0 aromatic heterocycles. The molecule has 0 unspecified atom stereocenters. The third kappa shape index (κ3) is 3.26. The number of fused-ring (bicyclic) bond motifs is 2. The van der Waals surface area contributed by atoms with Crippen molar-refractivity contribution in [2.45, 2.75) is 33.6 Å². The number of carbonyl (C=O) groups excluding carboxylic acids is 4. The summed E-state index contributed by atoms with van der Waals surface area (Å²) < 4.78 is 10.4. The van der Waals surface area contributed by atoms with Gasteiger partial charge in [-0.05, 0) is 30.7 Å². The summed E-state index contributed by atoms with van der Waals surface area (Å²) in [5.74, 6) is -1.41. The van der Waals surface area contributed by atoms with E-state index < -0.39 is 17.7 Å². The molecule has 0 saturated heterocycles. The van der Waals surface area contributed by atoms with E-state index in [0.29, 0.717) is 5.56 Å². The molecule has 27 heavy (non-hydrogen) atoms. The van der Waals surface area contributed by atoms with Crippen LogP contribution in [0.1, 0.15) is 64.1 Å². The normalized spacial score (nSPS) is 12.3. The van der Waals surface area contributed by atoms with E-state index >= 15 is 0 Å². The van der Waals surface area contributed by atoms with Gasteiger partial charge in [0.15, 0.2) is 11.6 Å². The first kappa shape index (κ1) is 18.5. The lowest BCUT2D eigenvalue weighted by molar-refractivity contribution is -0.134. The zero-order valence-electron chi connectivity index (χ0n) is 15.3. The van der Waals surface area contributed by atoms with Crippen molar-refractivity contribution in [3.63, 3.8) is 0 Å². The van der Waals surface area contributed by atoms with Gasteiger partial charge in [-0.2, -0.15) is 0 Å². The maximum atomic E-state index is 13.1. The van der Waals surface area contributed by atoms with Crippen molar-refractivity contribution in [2.24, 2.45) is 0 Å². The fourth-order valence-electron chi connectivity index (χ4n) is 3.00. The van der Waals surface area contributed by atoms with Crippen LogP contribution in [0.5, 0.6) is 11.5 Å². The Bertz CT molecular complexity index is 986. The largest absolute Gasteiger partial charge is 0.427 e. The third-order valence-corrected chi connectivity index (χ3v) is 4.31. The highest BCUT2D eigenvalue weighted by Crippen LogP contribution is 2.36. The Morgan fingerprint density at radius 2 is 1.52 bits per heavy atom. The summed E-state index contributed by atoms with van der Waals surface area (Å²) in [5.41, 5.74) is 1.15. The van der Waals surface area contributed by atoms with Gasteiger partial charge >= 0.3 is 11.9 Å². The van der Waals surface area contributed by atoms with E-state index in [-0.39, 0.29) is 52.4 Å². The van der Waals surface area contributed by atoms with E-state index in [1.165, 1.54) is 18.2 Å². The molecular weight excluding hydrogens is 348 g/mol. The van der Waals surface area contributed by atoms with Gasteiger partial charge in [-0.15, -0.1) is 0 Å². The minimum absolute atomic E-state index is 0.0734. The highest BCUT2D eigenvalue weighted by Gasteiger charge is 2.34. The SMILES string of the molecule is CCC(=O)Oc1cc(C)c2c(c1)C(=O)c1cccc(OC(=O)CC)c1C2=O. The minimum atomic E-state index is -0.493. The van der Waals surface area contributed by atoms with Crippen molar-refractivity contribution in [3.8, 4) is 11.5 Å². The predicted octanol–water partition coefficient (Wildman–Crippen LogP) is 3.40. The van der Waals surface area contributed by atoms with Crippen LogP contribution in [0.15, 0.2) is 30.3 Å². The summed E-state index contributed by atoms with van der Waals surface area (Å²) in [4.78, 5) is 49.3. The Balaban J connectivity index is 2.13. The minimum Gasteiger partial charge on any atom is -0.427 e. The Morgan fingerprint density at radius 3 is 2.19 bits per heavy atom. The van der Waals surface area contributed by atoms with Gasteiger partial charge in [-0.3, -0.25) is 19.2 Å². The molecule has 0 spiro atoms. The van der Waals surface area contributed by atoms with Crippen LogP contribution in [0, 0.1) is 6.92 Å². The molecule has 2 aromatic rings. The Labute approximate surface area is 156 Å². The molecule has 0 aliphatic heterocycles. The van der Waals surface area contributed by atoms with Gasteiger partial charge in [-0.1, -0.05) is 26.0 Å². The number of ketones is 2. The van der Waals surface area contributed by atoms with Crippen LogP contribution < -0.4 is 9.47 Å². The van der Waals surface area contributed by atoms with E-state index in [2.05, 4.69) is 0 Å². The zero-order valence-corrected chi connectivity index (χ0v) is 15.3. The van der Waals surface area contributed by atoms with Gasteiger partial charge < -0.3 is 9.47 Å². The van der Waals surface area contributed by atoms with Crippen molar-refractivity contribution < 1.29 is 28.7 Å². The molecule has 0 fully saturated rings. The smallest absolute Gasteiger partial charge is 0.310 e. The molecule has 0 saturated carbocycles. The molecule has 0 heterocycles. The van der Waals surface area contributed by atoms with Crippen LogP contribution in [0.25, 0.3) is 0 Å². The Hall–Kier alpha value is -3.28. The molecule has 138 valence electrons. The first-order valence-electron chi connectivity index (χ1n) is 8.65. The van der Waals surface area contributed by atoms with Crippen LogP contribution in [-0.4, -0.2) is 23.5 Å². The Morgan fingerprint density at radius 1 is 0.852 bits per heavy atom. The first-order valence-corrected chi connectivity index (χ1v) is 8.65. The summed E-state index contributed by atoms with van der Waals surface area (Å²) in [6.07, 6.45) is 0.339. The van der Waals surface area contributed by atoms with E-state index in [0.717, 1.165) is 0 Å². The maximum Gasteiger partial charge on any atom is 0.310 e. The van der Waals surface area contributed by atoms with Gasteiger partial charge in [0.05, 0.1) is 5.56 Å². The summed E-state index contributed by atoms with van der Waals surface area (Å²) in [6.45, 7) is 4.97. The molecule has 6 heteroatoms. The highest BCUT2D eigenvalue weighted by molar-refractivity contribution is 6.30. The van der Waals surface area contributed by atoms with Crippen molar-refractivity contribution in [2.75, 3.05) is 0 Å². The lowest BCUT2D eigenvalue weighted by Gasteiger charge is -2.22. The molecule has 2 aromatic carbocycles. The molecule has 1 aliphatic rings. The second-order valence-electron chi connectivity index (χ2n) is 6.15.